The van der Waals surface area contributed by atoms with Crippen LogP contribution in [0.4, 0.5) is 21.5 Å². The highest BCUT2D eigenvalue weighted by atomic mass is 19.1. The molecule has 2 amide bonds. The number of anilines is 3. The minimum absolute atomic E-state index is 0.0916. The van der Waals surface area contributed by atoms with Gasteiger partial charge in [-0.2, -0.15) is 4.90 Å². The van der Waals surface area contributed by atoms with E-state index in [1.807, 2.05) is 21.9 Å². The second-order valence-corrected chi connectivity index (χ2v) is 7.85. The lowest BCUT2D eigenvalue weighted by Crippen LogP contribution is -2.56. The molecule has 3 aliphatic rings. The van der Waals surface area contributed by atoms with Crippen molar-refractivity contribution in [3.63, 3.8) is 0 Å². The minimum Gasteiger partial charge on any atom is -0.366 e. The lowest BCUT2D eigenvalue weighted by atomic mass is 10.1. The van der Waals surface area contributed by atoms with Crippen LogP contribution in [0.5, 0.6) is 0 Å². The molecule has 0 atom stereocenters. The molecule has 2 aromatic rings. The Morgan fingerprint density at radius 2 is 1.87 bits per heavy atom. The van der Waals surface area contributed by atoms with Crippen molar-refractivity contribution in [2.75, 3.05) is 41.3 Å². The summed E-state index contributed by atoms with van der Waals surface area (Å²) in [7, 11) is 0. The predicted octanol–water partition coefficient (Wildman–Crippen LogP) is 2.22. The maximum absolute atomic E-state index is 14.1. The van der Waals surface area contributed by atoms with Crippen LogP contribution in [0.2, 0.25) is 0 Å². The summed E-state index contributed by atoms with van der Waals surface area (Å²) in [6.45, 7) is 4.22. The summed E-state index contributed by atoms with van der Waals surface area (Å²) in [5.74, 6) is 0.679. The van der Waals surface area contributed by atoms with Crippen LogP contribution in [-0.4, -0.2) is 54.6 Å². The first-order valence-electron chi connectivity index (χ1n) is 10.6. The number of nitrogens with zero attached hydrogens (tertiary/aromatic N) is 4. The molecule has 0 aromatic heterocycles. The number of fused-ring (bicyclic) bond motifs is 3. The van der Waals surface area contributed by atoms with Gasteiger partial charge in [-0.05, 0) is 36.8 Å². The summed E-state index contributed by atoms with van der Waals surface area (Å²) in [6, 6.07) is 12.1. The highest BCUT2D eigenvalue weighted by Crippen LogP contribution is 2.33. The number of hydrogen-bond donors (Lipinski definition) is 1. The third kappa shape index (κ3) is 3.25. The van der Waals surface area contributed by atoms with Gasteiger partial charge in [-0.15, -0.1) is 0 Å². The Labute approximate surface area is 179 Å². The van der Waals surface area contributed by atoms with E-state index in [2.05, 4.69) is 16.9 Å². The molecule has 3 aliphatic heterocycles. The Morgan fingerprint density at radius 1 is 1.10 bits per heavy atom. The molecule has 158 valence electrons. The van der Waals surface area contributed by atoms with Gasteiger partial charge in [-0.25, -0.2) is 9.06 Å². The van der Waals surface area contributed by atoms with Crippen LogP contribution in [0, 0.1) is 5.82 Å². The van der Waals surface area contributed by atoms with Gasteiger partial charge >= 0.3 is 17.6 Å². The SMILES string of the molecule is CCCC1=[N+]=C2C(=O)Nc3cc(C(=O)N4CCN(c5ccccc5F)CC4)ccc3N12. The average Bonchev–Trinajstić information content (AvgIpc) is 2.77. The van der Waals surface area contributed by atoms with Gasteiger partial charge in [0.05, 0.1) is 11.4 Å². The molecule has 0 aliphatic carbocycles. The summed E-state index contributed by atoms with van der Waals surface area (Å²) in [5, 5.41) is 2.84. The molecule has 7 nitrogen and oxygen atoms in total. The molecule has 31 heavy (non-hydrogen) atoms. The van der Waals surface area contributed by atoms with E-state index in [0.717, 1.165) is 24.4 Å². The molecule has 0 bridgehead atoms. The Kier molecular flexibility index (Phi) is 4.71. The molecule has 2 aromatic carbocycles. The highest BCUT2D eigenvalue weighted by molar-refractivity contribution is 6.56. The van der Waals surface area contributed by atoms with E-state index in [9.17, 15) is 14.0 Å². The van der Waals surface area contributed by atoms with Gasteiger partial charge in [-0.1, -0.05) is 19.1 Å². The van der Waals surface area contributed by atoms with Gasteiger partial charge < -0.3 is 15.1 Å². The molecular formula is C23H23FN5O2+. The van der Waals surface area contributed by atoms with Gasteiger partial charge in [0.25, 0.3) is 5.91 Å². The first-order chi connectivity index (χ1) is 15.1. The number of carbonyl (C=O) groups excluding carboxylic acids is 2. The second-order valence-electron chi connectivity index (χ2n) is 7.85. The highest BCUT2D eigenvalue weighted by Gasteiger charge is 2.45. The van der Waals surface area contributed by atoms with E-state index in [4.69, 9.17) is 0 Å². The Bertz CT molecular complexity index is 1150. The van der Waals surface area contributed by atoms with Crippen LogP contribution in [0.25, 0.3) is 0 Å². The third-order valence-electron chi connectivity index (χ3n) is 5.87. The van der Waals surface area contributed by atoms with Crippen LogP contribution in [0.1, 0.15) is 30.1 Å². The van der Waals surface area contributed by atoms with Gasteiger partial charge in [0, 0.05) is 38.2 Å². The molecule has 5 rings (SSSR count). The number of hydrogen-bond acceptors (Lipinski definition) is 4. The largest absolute Gasteiger partial charge is 0.389 e. The lowest BCUT2D eigenvalue weighted by Gasteiger charge is -2.36. The smallest absolute Gasteiger partial charge is 0.366 e. The molecule has 0 radical (unpaired) electrons. The quantitative estimate of drug-likeness (QED) is 0.771. The fourth-order valence-electron chi connectivity index (χ4n) is 4.28. The Balaban J connectivity index is 1.31. The number of halogens is 1. The van der Waals surface area contributed by atoms with Crippen molar-refractivity contribution in [3.05, 3.63) is 53.8 Å². The number of nitrogens with one attached hydrogen (secondary N) is 1. The summed E-state index contributed by atoms with van der Waals surface area (Å²) >= 11 is 0. The van der Waals surface area contributed by atoms with Crippen molar-refractivity contribution in [3.8, 4) is 0 Å². The van der Waals surface area contributed by atoms with Crippen molar-refractivity contribution < 1.29 is 14.0 Å². The van der Waals surface area contributed by atoms with Crippen LogP contribution in [0.3, 0.4) is 0 Å². The maximum atomic E-state index is 14.1. The number of benzene rings is 2. The standard InChI is InChI=1S/C23H22FN5O2/c1-2-5-20-26-21-22(30)25-17-14-15(8-9-19(17)29(20)21)23(31)28-12-10-27(11-13-28)18-7-4-3-6-16(18)24/h3-4,6-9,14H,2,5,10-13H2,1H3/p+1. The van der Waals surface area contributed by atoms with Gasteiger partial charge in [0.2, 0.25) is 0 Å². The number of amidine groups is 2. The van der Waals surface area contributed by atoms with E-state index >= 15 is 0 Å². The monoisotopic (exact) mass is 420 g/mol. The van der Waals surface area contributed by atoms with E-state index in [1.54, 1.807) is 29.2 Å². The van der Waals surface area contributed by atoms with Crippen molar-refractivity contribution in [2.24, 2.45) is 0 Å². The second kappa shape index (κ2) is 7.56. The number of para-hydroxylation sites is 1. The number of piperazine rings is 1. The fourth-order valence-corrected chi connectivity index (χ4v) is 4.28. The summed E-state index contributed by atoms with van der Waals surface area (Å²) in [4.78, 5) is 31.0. The molecule has 1 saturated heterocycles. The van der Waals surface area contributed by atoms with Gasteiger partial charge in [-0.3, -0.25) is 9.59 Å². The predicted molar refractivity (Wildman–Crippen MR) is 119 cm³/mol. The zero-order chi connectivity index (χ0) is 21.5. The van der Waals surface area contributed by atoms with Crippen molar-refractivity contribution in [1.82, 2.24) is 9.57 Å². The van der Waals surface area contributed by atoms with Crippen molar-refractivity contribution >= 4 is 40.5 Å². The zero-order valence-electron chi connectivity index (χ0n) is 17.3. The van der Waals surface area contributed by atoms with Gasteiger partial charge in [0.1, 0.15) is 11.5 Å². The summed E-state index contributed by atoms with van der Waals surface area (Å²) in [6.07, 6.45) is 1.73. The molecule has 0 saturated carbocycles. The number of rotatable bonds is 4. The maximum Gasteiger partial charge on any atom is 0.389 e. The molecule has 8 heteroatoms. The Morgan fingerprint density at radius 3 is 2.61 bits per heavy atom. The topological polar surface area (TPSA) is 70.0 Å². The number of carbonyl (C=O) groups is 2. The molecular weight excluding hydrogens is 397 g/mol. The summed E-state index contributed by atoms with van der Waals surface area (Å²) in [5.41, 5.74) is 2.55. The lowest BCUT2D eigenvalue weighted by molar-refractivity contribution is -0.110. The normalized spacial score (nSPS) is 17.2. The number of amides is 2. The van der Waals surface area contributed by atoms with Crippen LogP contribution in [0.15, 0.2) is 42.5 Å². The molecule has 3 heterocycles. The van der Waals surface area contributed by atoms with E-state index in [-0.39, 0.29) is 17.6 Å². The fraction of sp³-hybridized carbons (Fsp3) is 0.304. The summed E-state index contributed by atoms with van der Waals surface area (Å²) < 4.78 is 18.4. The molecule has 0 unspecified atom stereocenters. The van der Waals surface area contributed by atoms with Crippen LogP contribution >= 0.6 is 0 Å². The molecule has 1 fully saturated rings. The van der Waals surface area contributed by atoms with Crippen LogP contribution in [-0.2, 0) is 4.79 Å². The van der Waals surface area contributed by atoms with E-state index in [0.29, 0.717) is 49.0 Å². The van der Waals surface area contributed by atoms with Crippen molar-refractivity contribution in [1.29, 1.82) is 0 Å². The Hall–Kier alpha value is -3.64. The van der Waals surface area contributed by atoms with E-state index < -0.39 is 0 Å². The van der Waals surface area contributed by atoms with Crippen LogP contribution < -0.4 is 19.8 Å². The third-order valence-corrected chi connectivity index (χ3v) is 5.87. The molecule has 1 N–H and O–H groups in total. The molecule has 0 spiro atoms. The average molecular weight is 420 g/mol. The minimum atomic E-state index is -0.254. The van der Waals surface area contributed by atoms with Gasteiger partial charge in [0.15, 0.2) is 0 Å². The van der Waals surface area contributed by atoms with Crippen molar-refractivity contribution in [2.45, 2.75) is 19.8 Å². The first-order valence-corrected chi connectivity index (χ1v) is 10.6. The first kappa shape index (κ1) is 19.3. The zero-order valence-corrected chi connectivity index (χ0v) is 17.3. The van der Waals surface area contributed by atoms with E-state index in [1.165, 1.54) is 6.07 Å².